The predicted molar refractivity (Wildman–Crippen MR) is 74.7 cm³/mol. The Labute approximate surface area is 123 Å². The largest absolute Gasteiger partial charge is 0.322 e. The average Bonchev–Trinajstić information content (AvgIpc) is 2.22. The Hall–Kier alpha value is -0.760. The van der Waals surface area contributed by atoms with E-state index in [0.717, 1.165) is 10.9 Å². The van der Waals surface area contributed by atoms with Crippen LogP contribution >= 0.6 is 39.1 Å². The van der Waals surface area contributed by atoms with E-state index in [2.05, 4.69) is 27.3 Å². The van der Waals surface area contributed by atoms with Crippen LogP contribution in [0, 0.1) is 16.7 Å². The SMILES string of the molecule is N#CC1(C(=O)Nc2c(Cl)cc(Br)cc2Cl)CCC1. The van der Waals surface area contributed by atoms with Crippen LogP contribution in [0.15, 0.2) is 16.6 Å². The Bertz CT molecular complexity index is 526. The van der Waals surface area contributed by atoms with E-state index in [9.17, 15) is 4.79 Å². The second-order valence-electron chi connectivity index (χ2n) is 4.25. The molecule has 2 rings (SSSR count). The number of halogens is 3. The molecular formula is C12H9BrCl2N2O. The number of nitriles is 1. The average molecular weight is 348 g/mol. The maximum absolute atomic E-state index is 12.1. The zero-order valence-corrected chi connectivity index (χ0v) is 12.4. The Morgan fingerprint density at radius 3 is 2.33 bits per heavy atom. The fourth-order valence-corrected chi connectivity index (χ4v) is 3.12. The molecule has 1 N–H and O–H groups in total. The second-order valence-corrected chi connectivity index (χ2v) is 5.98. The van der Waals surface area contributed by atoms with Crippen molar-refractivity contribution in [1.82, 2.24) is 0 Å². The number of carbonyl (C=O) groups is 1. The summed E-state index contributed by atoms with van der Waals surface area (Å²) in [5.41, 5.74) is -0.562. The van der Waals surface area contributed by atoms with Crippen molar-refractivity contribution in [3.05, 3.63) is 26.7 Å². The molecule has 1 aliphatic rings. The van der Waals surface area contributed by atoms with Crippen LogP contribution in [0.4, 0.5) is 5.69 Å². The molecule has 0 saturated heterocycles. The van der Waals surface area contributed by atoms with E-state index in [1.165, 1.54) is 0 Å². The summed E-state index contributed by atoms with van der Waals surface area (Å²) in [4.78, 5) is 12.1. The Morgan fingerprint density at radius 2 is 1.94 bits per heavy atom. The van der Waals surface area contributed by atoms with Gasteiger partial charge in [0.25, 0.3) is 0 Å². The van der Waals surface area contributed by atoms with Gasteiger partial charge in [0.1, 0.15) is 5.41 Å². The van der Waals surface area contributed by atoms with Crippen LogP contribution in [0.1, 0.15) is 19.3 Å². The standard InChI is InChI=1S/C12H9BrCl2N2O/c13-7-4-8(14)10(9(15)5-7)17-11(18)12(6-16)2-1-3-12/h4-5H,1-3H2,(H,17,18). The molecule has 1 aromatic rings. The molecule has 0 unspecified atom stereocenters. The van der Waals surface area contributed by atoms with E-state index >= 15 is 0 Å². The lowest BCUT2D eigenvalue weighted by Gasteiger charge is -2.33. The lowest BCUT2D eigenvalue weighted by molar-refractivity contribution is -0.126. The summed E-state index contributed by atoms with van der Waals surface area (Å²) in [5, 5.41) is 12.4. The summed E-state index contributed by atoms with van der Waals surface area (Å²) in [6, 6.07) is 5.36. The number of rotatable bonds is 2. The third kappa shape index (κ3) is 2.35. The molecule has 0 aliphatic heterocycles. The van der Waals surface area contributed by atoms with Crippen LogP contribution in [0.5, 0.6) is 0 Å². The van der Waals surface area contributed by atoms with Crippen LogP contribution in [-0.4, -0.2) is 5.91 Å². The van der Waals surface area contributed by atoms with Crippen LogP contribution in [-0.2, 0) is 4.79 Å². The highest BCUT2D eigenvalue weighted by molar-refractivity contribution is 9.10. The van der Waals surface area contributed by atoms with Gasteiger partial charge in [0.2, 0.25) is 5.91 Å². The molecule has 0 bridgehead atoms. The van der Waals surface area contributed by atoms with Crippen molar-refractivity contribution < 1.29 is 4.79 Å². The van der Waals surface area contributed by atoms with Gasteiger partial charge in [-0.2, -0.15) is 5.26 Å². The Kier molecular flexibility index (Phi) is 3.86. The van der Waals surface area contributed by atoms with Crippen molar-refractivity contribution in [2.75, 3.05) is 5.32 Å². The third-order valence-corrected chi connectivity index (χ3v) is 4.16. The first kappa shape index (κ1) is 13.7. The van der Waals surface area contributed by atoms with Gasteiger partial charge in [-0.3, -0.25) is 4.79 Å². The first-order chi connectivity index (χ1) is 8.48. The van der Waals surface area contributed by atoms with E-state index in [1.54, 1.807) is 12.1 Å². The quantitative estimate of drug-likeness (QED) is 0.862. The van der Waals surface area contributed by atoms with Gasteiger partial charge in [-0.25, -0.2) is 0 Å². The number of carbonyl (C=O) groups excluding carboxylic acids is 1. The zero-order chi connectivity index (χ0) is 13.3. The molecule has 0 aromatic heterocycles. The first-order valence-electron chi connectivity index (χ1n) is 5.36. The number of nitrogens with zero attached hydrogens (tertiary/aromatic N) is 1. The van der Waals surface area contributed by atoms with Crippen LogP contribution in [0.2, 0.25) is 10.0 Å². The first-order valence-corrected chi connectivity index (χ1v) is 6.91. The van der Waals surface area contributed by atoms with Crippen LogP contribution in [0.25, 0.3) is 0 Å². The van der Waals surface area contributed by atoms with E-state index in [1.807, 2.05) is 0 Å². The molecule has 6 heteroatoms. The molecule has 1 saturated carbocycles. The molecule has 0 radical (unpaired) electrons. The number of hydrogen-bond acceptors (Lipinski definition) is 2. The summed E-state index contributed by atoms with van der Waals surface area (Å²) in [6.45, 7) is 0. The molecule has 1 amide bonds. The molecule has 1 aromatic carbocycles. The van der Waals surface area contributed by atoms with Gasteiger partial charge in [0, 0.05) is 4.47 Å². The van der Waals surface area contributed by atoms with Crippen molar-refractivity contribution in [2.45, 2.75) is 19.3 Å². The summed E-state index contributed by atoms with van der Waals surface area (Å²) >= 11 is 15.3. The highest BCUT2D eigenvalue weighted by Crippen LogP contribution is 2.42. The number of amides is 1. The van der Waals surface area contributed by atoms with E-state index in [0.29, 0.717) is 28.6 Å². The maximum atomic E-state index is 12.1. The zero-order valence-electron chi connectivity index (χ0n) is 9.27. The molecule has 1 fully saturated rings. The number of anilines is 1. The minimum Gasteiger partial charge on any atom is -0.322 e. The molecule has 0 atom stereocenters. The molecular weight excluding hydrogens is 339 g/mol. The summed E-state index contributed by atoms with van der Waals surface area (Å²) < 4.78 is 0.731. The van der Waals surface area contributed by atoms with Gasteiger partial charge in [0.15, 0.2) is 0 Å². The lowest BCUT2D eigenvalue weighted by atomic mass is 9.69. The fraction of sp³-hybridized carbons (Fsp3) is 0.333. The Balaban J connectivity index is 2.25. The van der Waals surface area contributed by atoms with E-state index in [4.69, 9.17) is 28.5 Å². The highest BCUT2D eigenvalue weighted by atomic mass is 79.9. The second kappa shape index (κ2) is 5.08. The highest BCUT2D eigenvalue weighted by Gasteiger charge is 2.44. The van der Waals surface area contributed by atoms with Crippen LogP contribution in [0.3, 0.4) is 0 Å². The topological polar surface area (TPSA) is 52.9 Å². The van der Waals surface area contributed by atoms with Crippen molar-refractivity contribution in [3.8, 4) is 6.07 Å². The monoisotopic (exact) mass is 346 g/mol. The summed E-state index contributed by atoms with van der Waals surface area (Å²) in [5.74, 6) is -0.331. The minimum absolute atomic E-state index is 0.331. The van der Waals surface area contributed by atoms with Gasteiger partial charge < -0.3 is 5.32 Å². The van der Waals surface area contributed by atoms with Gasteiger partial charge in [-0.1, -0.05) is 39.1 Å². The Morgan fingerprint density at radius 1 is 1.39 bits per heavy atom. The number of nitrogens with one attached hydrogen (secondary N) is 1. The molecule has 94 valence electrons. The molecule has 18 heavy (non-hydrogen) atoms. The lowest BCUT2D eigenvalue weighted by Crippen LogP contribution is -2.40. The van der Waals surface area contributed by atoms with Gasteiger partial charge in [-0.05, 0) is 31.4 Å². The number of benzene rings is 1. The molecule has 3 nitrogen and oxygen atoms in total. The van der Waals surface area contributed by atoms with Crippen molar-refractivity contribution in [1.29, 1.82) is 5.26 Å². The smallest absolute Gasteiger partial charge is 0.244 e. The number of hydrogen-bond donors (Lipinski definition) is 1. The normalized spacial score (nSPS) is 16.6. The molecule has 0 spiro atoms. The van der Waals surface area contributed by atoms with Gasteiger partial charge in [-0.15, -0.1) is 0 Å². The molecule has 0 heterocycles. The van der Waals surface area contributed by atoms with Crippen LogP contribution < -0.4 is 5.32 Å². The van der Waals surface area contributed by atoms with Gasteiger partial charge >= 0.3 is 0 Å². The van der Waals surface area contributed by atoms with Crippen molar-refractivity contribution in [3.63, 3.8) is 0 Å². The molecule has 1 aliphatic carbocycles. The van der Waals surface area contributed by atoms with Crippen molar-refractivity contribution in [2.24, 2.45) is 5.41 Å². The van der Waals surface area contributed by atoms with E-state index < -0.39 is 5.41 Å². The third-order valence-electron chi connectivity index (χ3n) is 3.10. The van der Waals surface area contributed by atoms with E-state index in [-0.39, 0.29) is 5.91 Å². The predicted octanol–water partition coefficient (Wildman–Crippen LogP) is 4.39. The summed E-state index contributed by atoms with van der Waals surface area (Å²) in [6.07, 6.45) is 2.06. The van der Waals surface area contributed by atoms with Gasteiger partial charge in [0.05, 0.1) is 21.8 Å². The van der Waals surface area contributed by atoms with Crippen molar-refractivity contribution >= 4 is 50.7 Å². The minimum atomic E-state index is -0.917. The fourth-order valence-electron chi connectivity index (χ4n) is 1.81. The summed E-state index contributed by atoms with van der Waals surface area (Å²) in [7, 11) is 0. The maximum Gasteiger partial charge on any atom is 0.244 e.